The number of aryl methyl sites for hydroxylation is 1. The van der Waals surface area contributed by atoms with Gasteiger partial charge in [-0.25, -0.2) is 4.79 Å². The van der Waals surface area contributed by atoms with Gasteiger partial charge in [0.1, 0.15) is 6.54 Å². The number of urea groups is 1. The Morgan fingerprint density at radius 3 is 2.80 bits per heavy atom. The number of hydrogen-bond donors (Lipinski definition) is 1. The van der Waals surface area contributed by atoms with Gasteiger partial charge < -0.3 is 19.4 Å². The van der Waals surface area contributed by atoms with E-state index in [0.717, 1.165) is 19.4 Å². The highest BCUT2D eigenvalue weighted by Crippen LogP contribution is 2.11. The number of carbonyl (C=O) groups excluding carboxylic acids is 1. The molecule has 1 aromatic rings. The molecule has 0 radical (unpaired) electrons. The van der Waals surface area contributed by atoms with Gasteiger partial charge in [-0.05, 0) is 19.8 Å². The molecule has 2 heterocycles. The van der Waals surface area contributed by atoms with Crippen molar-refractivity contribution in [3.8, 4) is 0 Å². The van der Waals surface area contributed by atoms with Crippen LogP contribution in [0.2, 0.25) is 0 Å². The summed E-state index contributed by atoms with van der Waals surface area (Å²) in [6, 6.07) is -0.126. The highest BCUT2D eigenvalue weighted by Gasteiger charge is 2.19. The van der Waals surface area contributed by atoms with Crippen LogP contribution in [-0.4, -0.2) is 46.9 Å². The molecule has 112 valence electrons. The predicted octanol–water partition coefficient (Wildman–Crippen LogP) is 1.34. The summed E-state index contributed by atoms with van der Waals surface area (Å²) < 4.78 is 10.9. The van der Waals surface area contributed by atoms with Crippen molar-refractivity contribution in [1.82, 2.24) is 20.4 Å². The lowest BCUT2D eigenvalue weighted by molar-refractivity contribution is 0.108. The second-order valence-electron chi connectivity index (χ2n) is 4.78. The zero-order valence-electron chi connectivity index (χ0n) is 12.1. The molecule has 1 N–H and O–H groups in total. The van der Waals surface area contributed by atoms with Crippen molar-refractivity contribution in [2.45, 2.75) is 45.8 Å². The third-order valence-electron chi connectivity index (χ3n) is 3.31. The first-order valence-corrected chi connectivity index (χ1v) is 7.18. The van der Waals surface area contributed by atoms with E-state index in [1.54, 1.807) is 4.90 Å². The molecule has 2 amide bonds. The first-order chi connectivity index (χ1) is 9.72. The smallest absolute Gasteiger partial charge is 0.317 e. The maximum Gasteiger partial charge on any atom is 0.317 e. The molecule has 1 aliphatic heterocycles. The Hall–Kier alpha value is -1.63. The van der Waals surface area contributed by atoms with Gasteiger partial charge in [-0.2, -0.15) is 0 Å². The quantitative estimate of drug-likeness (QED) is 0.851. The fourth-order valence-electron chi connectivity index (χ4n) is 2.10. The van der Waals surface area contributed by atoms with Crippen LogP contribution in [0, 0.1) is 0 Å². The molecule has 0 saturated carbocycles. The molecule has 2 rings (SSSR count). The number of amides is 2. The fourth-order valence-corrected chi connectivity index (χ4v) is 2.10. The van der Waals surface area contributed by atoms with Crippen LogP contribution in [0.3, 0.4) is 0 Å². The van der Waals surface area contributed by atoms with E-state index in [9.17, 15) is 4.79 Å². The molecule has 0 aromatic carbocycles. The Morgan fingerprint density at radius 2 is 2.20 bits per heavy atom. The molecule has 20 heavy (non-hydrogen) atoms. The summed E-state index contributed by atoms with van der Waals surface area (Å²) in [6.45, 7) is 6.13. The molecule has 7 heteroatoms. The Kier molecular flexibility index (Phi) is 5.34. The molecule has 0 aliphatic carbocycles. The van der Waals surface area contributed by atoms with Crippen LogP contribution in [0.5, 0.6) is 0 Å². The molecule has 0 bridgehead atoms. The van der Waals surface area contributed by atoms with Gasteiger partial charge in [-0.15, -0.1) is 10.2 Å². The zero-order valence-corrected chi connectivity index (χ0v) is 12.1. The van der Waals surface area contributed by atoms with Gasteiger partial charge in [-0.1, -0.05) is 6.92 Å². The third kappa shape index (κ3) is 3.93. The van der Waals surface area contributed by atoms with Crippen LogP contribution in [0.15, 0.2) is 4.42 Å². The summed E-state index contributed by atoms with van der Waals surface area (Å²) in [5, 5.41) is 10.7. The number of nitrogens with one attached hydrogen (secondary N) is 1. The first-order valence-electron chi connectivity index (χ1n) is 7.18. The number of nitrogens with zero attached hydrogens (tertiary/aromatic N) is 3. The fraction of sp³-hybridized carbons (Fsp3) is 0.769. The predicted molar refractivity (Wildman–Crippen MR) is 72.1 cm³/mol. The van der Waals surface area contributed by atoms with Gasteiger partial charge in [-0.3, -0.25) is 0 Å². The van der Waals surface area contributed by atoms with Crippen LogP contribution in [0.4, 0.5) is 4.79 Å². The summed E-state index contributed by atoms with van der Waals surface area (Å²) in [6.07, 6.45) is 2.92. The summed E-state index contributed by atoms with van der Waals surface area (Å²) in [5.41, 5.74) is 0. The average Bonchev–Trinajstić information content (AvgIpc) is 3.13. The number of ether oxygens (including phenoxy) is 1. The molecular formula is C13H22N4O3. The van der Waals surface area contributed by atoms with Crippen LogP contribution < -0.4 is 5.32 Å². The minimum Gasteiger partial charge on any atom is -0.423 e. The lowest BCUT2D eigenvalue weighted by atomic mass is 10.2. The van der Waals surface area contributed by atoms with Gasteiger partial charge in [0.15, 0.2) is 0 Å². The van der Waals surface area contributed by atoms with Crippen molar-refractivity contribution in [2.75, 3.05) is 19.7 Å². The number of rotatable bonds is 6. The Bertz CT molecular complexity index is 429. The van der Waals surface area contributed by atoms with E-state index >= 15 is 0 Å². The van der Waals surface area contributed by atoms with Gasteiger partial charge in [0, 0.05) is 26.1 Å². The van der Waals surface area contributed by atoms with Crippen molar-refractivity contribution in [2.24, 2.45) is 0 Å². The Morgan fingerprint density at radius 1 is 1.40 bits per heavy atom. The molecule has 0 spiro atoms. The minimum absolute atomic E-state index is 0.126. The van der Waals surface area contributed by atoms with E-state index in [2.05, 4.69) is 15.5 Å². The monoisotopic (exact) mass is 282 g/mol. The first kappa shape index (κ1) is 14.8. The van der Waals surface area contributed by atoms with E-state index in [-0.39, 0.29) is 12.1 Å². The molecule has 1 fully saturated rings. The molecule has 0 unspecified atom stereocenters. The Balaban J connectivity index is 1.81. The second kappa shape index (κ2) is 7.23. The van der Waals surface area contributed by atoms with Crippen LogP contribution in [-0.2, 0) is 17.7 Å². The summed E-state index contributed by atoms with van der Waals surface area (Å²) in [7, 11) is 0. The lowest BCUT2D eigenvalue weighted by Crippen LogP contribution is -2.42. The van der Waals surface area contributed by atoms with Crippen molar-refractivity contribution in [3.05, 3.63) is 11.8 Å². The Labute approximate surface area is 118 Å². The van der Waals surface area contributed by atoms with Gasteiger partial charge in [0.25, 0.3) is 0 Å². The van der Waals surface area contributed by atoms with E-state index in [0.29, 0.717) is 37.8 Å². The highest BCUT2D eigenvalue weighted by molar-refractivity contribution is 5.74. The highest BCUT2D eigenvalue weighted by atomic mass is 16.5. The largest absolute Gasteiger partial charge is 0.423 e. The van der Waals surface area contributed by atoms with E-state index in [1.165, 1.54) is 0 Å². The van der Waals surface area contributed by atoms with Crippen LogP contribution >= 0.6 is 0 Å². The van der Waals surface area contributed by atoms with E-state index < -0.39 is 0 Å². The molecule has 1 atom stereocenters. The molecule has 1 saturated heterocycles. The van der Waals surface area contributed by atoms with Crippen molar-refractivity contribution in [3.63, 3.8) is 0 Å². The van der Waals surface area contributed by atoms with Gasteiger partial charge >= 0.3 is 6.03 Å². The van der Waals surface area contributed by atoms with Crippen LogP contribution in [0.1, 0.15) is 38.5 Å². The average molecular weight is 282 g/mol. The molecule has 1 aliphatic rings. The number of carbonyl (C=O) groups is 1. The van der Waals surface area contributed by atoms with Gasteiger partial charge in [0.2, 0.25) is 11.8 Å². The summed E-state index contributed by atoms with van der Waals surface area (Å²) in [4.78, 5) is 13.7. The summed E-state index contributed by atoms with van der Waals surface area (Å²) in [5.74, 6) is 1.06. The molecule has 1 aromatic heterocycles. The minimum atomic E-state index is -0.126. The number of hydrogen-bond acceptors (Lipinski definition) is 5. The third-order valence-corrected chi connectivity index (χ3v) is 3.31. The van der Waals surface area contributed by atoms with E-state index in [4.69, 9.17) is 9.15 Å². The van der Waals surface area contributed by atoms with E-state index in [1.807, 2.05) is 13.8 Å². The van der Waals surface area contributed by atoms with Crippen molar-refractivity contribution >= 4 is 6.03 Å². The second-order valence-corrected chi connectivity index (χ2v) is 4.78. The molecule has 7 nitrogen and oxygen atoms in total. The van der Waals surface area contributed by atoms with Crippen molar-refractivity contribution in [1.29, 1.82) is 0 Å². The maximum absolute atomic E-state index is 12.1. The van der Waals surface area contributed by atoms with Gasteiger partial charge in [0.05, 0.1) is 6.10 Å². The lowest BCUT2D eigenvalue weighted by Gasteiger charge is -2.20. The standard InChI is InChI=1S/C13H22N4O3/c1-3-11-15-16-12(20-11)9-17(4-2)13(18)14-8-10-6-5-7-19-10/h10H,3-9H2,1-2H3,(H,14,18)/t10-/m1/s1. The SMILES string of the molecule is CCc1nnc(CN(CC)C(=O)NC[C@H]2CCCO2)o1. The summed E-state index contributed by atoms with van der Waals surface area (Å²) >= 11 is 0. The number of aromatic nitrogens is 2. The maximum atomic E-state index is 12.1. The van der Waals surface area contributed by atoms with Crippen LogP contribution in [0.25, 0.3) is 0 Å². The topological polar surface area (TPSA) is 80.5 Å². The normalized spacial score (nSPS) is 18.2. The molecular weight excluding hydrogens is 260 g/mol. The van der Waals surface area contributed by atoms with Crippen molar-refractivity contribution < 1.29 is 13.9 Å². The zero-order chi connectivity index (χ0) is 14.4.